The van der Waals surface area contributed by atoms with E-state index >= 15 is 0 Å². The Kier molecular flexibility index (Phi) is 6.21. The Morgan fingerprint density at radius 3 is 2.77 bits per heavy atom. The third kappa shape index (κ3) is 4.87. The first-order valence-electron chi connectivity index (χ1n) is 10.7. The molecule has 0 bridgehead atoms. The van der Waals surface area contributed by atoms with Gasteiger partial charge in [0.15, 0.2) is 0 Å². The first-order chi connectivity index (χ1) is 15.0. The van der Waals surface area contributed by atoms with Gasteiger partial charge in [-0.15, -0.1) is 0 Å². The van der Waals surface area contributed by atoms with Crippen LogP contribution in [0, 0.1) is 0 Å². The van der Waals surface area contributed by atoms with E-state index in [0.29, 0.717) is 30.7 Å². The van der Waals surface area contributed by atoms with Gasteiger partial charge in [-0.25, -0.2) is 4.79 Å². The Bertz CT molecular complexity index is 1030. The molecular formula is C24H28N4O3. The van der Waals surface area contributed by atoms with Crippen LogP contribution in [0.2, 0.25) is 0 Å². The smallest absolute Gasteiger partial charge is 0.321 e. The van der Waals surface area contributed by atoms with E-state index in [4.69, 9.17) is 9.26 Å². The molecule has 1 aliphatic heterocycles. The molecule has 0 saturated carbocycles. The van der Waals surface area contributed by atoms with E-state index in [1.807, 2.05) is 41.3 Å². The number of amides is 2. The van der Waals surface area contributed by atoms with E-state index in [9.17, 15) is 4.79 Å². The first kappa shape index (κ1) is 20.9. The van der Waals surface area contributed by atoms with Crippen molar-refractivity contribution in [2.24, 2.45) is 0 Å². The maximum absolute atomic E-state index is 12.8. The van der Waals surface area contributed by atoms with Crippen molar-refractivity contribution in [3.8, 4) is 17.1 Å². The molecule has 1 fully saturated rings. The molecule has 1 N–H and O–H groups in total. The van der Waals surface area contributed by atoms with Crippen molar-refractivity contribution in [2.45, 2.75) is 38.5 Å². The number of carbonyl (C=O) groups excluding carboxylic acids is 1. The highest BCUT2D eigenvalue weighted by molar-refractivity contribution is 5.89. The van der Waals surface area contributed by atoms with Crippen LogP contribution in [0.1, 0.15) is 50.0 Å². The van der Waals surface area contributed by atoms with Gasteiger partial charge in [-0.05, 0) is 48.6 Å². The molecule has 7 nitrogen and oxygen atoms in total. The molecule has 2 aromatic carbocycles. The number of hydrogen-bond donors (Lipinski definition) is 1. The SMILES string of the molecule is COc1cccc(-c2noc([C@@H]3CCCN(C(=O)Nc4ccc(C(C)C)cc4)C3)n2)c1. The lowest BCUT2D eigenvalue weighted by Crippen LogP contribution is -2.41. The number of anilines is 1. The number of likely N-dealkylation sites (tertiary alicyclic amines) is 1. The minimum atomic E-state index is -0.102. The summed E-state index contributed by atoms with van der Waals surface area (Å²) in [5.74, 6) is 2.32. The third-order valence-electron chi connectivity index (χ3n) is 5.66. The van der Waals surface area contributed by atoms with Gasteiger partial charge in [0.1, 0.15) is 5.75 Å². The van der Waals surface area contributed by atoms with E-state index in [1.54, 1.807) is 7.11 Å². The van der Waals surface area contributed by atoms with Gasteiger partial charge in [-0.1, -0.05) is 43.3 Å². The van der Waals surface area contributed by atoms with Crippen LogP contribution in [0.4, 0.5) is 10.5 Å². The van der Waals surface area contributed by atoms with Crippen LogP contribution in [0.25, 0.3) is 11.4 Å². The van der Waals surface area contributed by atoms with Crippen molar-refractivity contribution in [3.05, 3.63) is 60.0 Å². The van der Waals surface area contributed by atoms with Gasteiger partial charge in [0.05, 0.1) is 13.0 Å². The largest absolute Gasteiger partial charge is 0.497 e. The Labute approximate surface area is 182 Å². The lowest BCUT2D eigenvalue weighted by Gasteiger charge is -2.31. The number of piperidine rings is 1. The average Bonchev–Trinajstić information content (AvgIpc) is 3.30. The van der Waals surface area contributed by atoms with Crippen LogP contribution in [0.3, 0.4) is 0 Å². The van der Waals surface area contributed by atoms with Crippen molar-refractivity contribution in [1.82, 2.24) is 15.0 Å². The number of benzene rings is 2. The minimum Gasteiger partial charge on any atom is -0.497 e. The molecule has 0 aliphatic carbocycles. The fourth-order valence-corrected chi connectivity index (χ4v) is 3.80. The molecule has 2 amide bonds. The van der Waals surface area contributed by atoms with E-state index in [2.05, 4.69) is 41.4 Å². The summed E-state index contributed by atoms with van der Waals surface area (Å²) in [5, 5.41) is 7.14. The zero-order valence-electron chi connectivity index (χ0n) is 18.2. The number of methoxy groups -OCH3 is 1. The number of urea groups is 1. The number of aromatic nitrogens is 2. The van der Waals surface area contributed by atoms with Gasteiger partial charge in [-0.2, -0.15) is 4.98 Å². The number of nitrogens with zero attached hydrogens (tertiary/aromatic N) is 3. The molecule has 7 heteroatoms. The molecule has 0 unspecified atom stereocenters. The van der Waals surface area contributed by atoms with Crippen molar-refractivity contribution in [1.29, 1.82) is 0 Å². The van der Waals surface area contributed by atoms with Crippen LogP contribution >= 0.6 is 0 Å². The van der Waals surface area contributed by atoms with Gasteiger partial charge in [0, 0.05) is 24.3 Å². The van der Waals surface area contributed by atoms with E-state index < -0.39 is 0 Å². The molecule has 1 saturated heterocycles. The molecule has 162 valence electrons. The zero-order valence-corrected chi connectivity index (χ0v) is 18.2. The second kappa shape index (κ2) is 9.20. The molecule has 3 aromatic rings. The first-order valence-corrected chi connectivity index (χ1v) is 10.7. The summed E-state index contributed by atoms with van der Waals surface area (Å²) in [6, 6.07) is 15.5. The van der Waals surface area contributed by atoms with E-state index in [1.165, 1.54) is 5.56 Å². The van der Waals surface area contributed by atoms with Gasteiger partial charge in [-0.3, -0.25) is 0 Å². The molecular weight excluding hydrogens is 392 g/mol. The summed E-state index contributed by atoms with van der Waals surface area (Å²) in [4.78, 5) is 19.2. The van der Waals surface area contributed by atoms with Crippen LogP contribution in [0.5, 0.6) is 5.75 Å². The van der Waals surface area contributed by atoms with Gasteiger partial charge >= 0.3 is 6.03 Å². The highest BCUT2D eigenvalue weighted by Gasteiger charge is 2.29. The summed E-state index contributed by atoms with van der Waals surface area (Å²) in [7, 11) is 1.63. The molecule has 2 heterocycles. The van der Waals surface area contributed by atoms with Crippen molar-refractivity contribution in [3.63, 3.8) is 0 Å². The maximum atomic E-state index is 12.8. The molecule has 1 atom stereocenters. The van der Waals surface area contributed by atoms with Crippen molar-refractivity contribution >= 4 is 11.7 Å². The number of rotatable bonds is 5. The summed E-state index contributed by atoms with van der Waals surface area (Å²) in [6.45, 7) is 5.57. The fraction of sp³-hybridized carbons (Fsp3) is 0.375. The Morgan fingerprint density at radius 2 is 2.03 bits per heavy atom. The standard InChI is InChI=1S/C24H28N4O3/c1-16(2)17-9-11-20(12-10-17)25-24(29)28-13-5-7-19(15-28)23-26-22(27-31-23)18-6-4-8-21(14-18)30-3/h4,6,8-12,14,16,19H,5,7,13,15H2,1-3H3,(H,25,29)/t19-/m1/s1. The van der Waals surface area contributed by atoms with Crippen LogP contribution < -0.4 is 10.1 Å². The van der Waals surface area contributed by atoms with Gasteiger partial charge < -0.3 is 19.5 Å². The van der Waals surface area contributed by atoms with E-state index in [-0.39, 0.29) is 11.9 Å². The number of nitrogens with one attached hydrogen (secondary N) is 1. The minimum absolute atomic E-state index is 0.0228. The highest BCUT2D eigenvalue weighted by Crippen LogP contribution is 2.29. The maximum Gasteiger partial charge on any atom is 0.321 e. The second-order valence-electron chi connectivity index (χ2n) is 8.18. The molecule has 4 rings (SSSR count). The molecule has 1 aliphatic rings. The lowest BCUT2D eigenvalue weighted by molar-refractivity contribution is 0.184. The van der Waals surface area contributed by atoms with Crippen LogP contribution in [-0.4, -0.2) is 41.3 Å². The average molecular weight is 421 g/mol. The van der Waals surface area contributed by atoms with Crippen LogP contribution in [0.15, 0.2) is 53.1 Å². The summed E-state index contributed by atoms with van der Waals surface area (Å²) in [6.07, 6.45) is 1.80. The summed E-state index contributed by atoms with van der Waals surface area (Å²) < 4.78 is 10.8. The second-order valence-corrected chi connectivity index (χ2v) is 8.18. The number of hydrogen-bond acceptors (Lipinski definition) is 5. The zero-order chi connectivity index (χ0) is 21.8. The lowest BCUT2D eigenvalue weighted by atomic mass is 9.98. The topological polar surface area (TPSA) is 80.5 Å². The third-order valence-corrected chi connectivity index (χ3v) is 5.66. The van der Waals surface area contributed by atoms with Gasteiger partial charge in [0.2, 0.25) is 11.7 Å². The predicted octanol–water partition coefficient (Wildman–Crippen LogP) is 5.28. The summed E-state index contributed by atoms with van der Waals surface area (Å²) in [5.41, 5.74) is 2.89. The Hall–Kier alpha value is -3.35. The highest BCUT2D eigenvalue weighted by atomic mass is 16.5. The van der Waals surface area contributed by atoms with E-state index in [0.717, 1.165) is 29.8 Å². The Balaban J connectivity index is 1.41. The van der Waals surface area contributed by atoms with Gasteiger partial charge in [0.25, 0.3) is 0 Å². The predicted molar refractivity (Wildman–Crippen MR) is 119 cm³/mol. The fourth-order valence-electron chi connectivity index (χ4n) is 3.80. The number of ether oxygens (including phenoxy) is 1. The van der Waals surface area contributed by atoms with Crippen LogP contribution in [-0.2, 0) is 0 Å². The Morgan fingerprint density at radius 1 is 1.23 bits per heavy atom. The monoisotopic (exact) mass is 420 g/mol. The summed E-state index contributed by atoms with van der Waals surface area (Å²) >= 11 is 0. The molecule has 31 heavy (non-hydrogen) atoms. The molecule has 0 spiro atoms. The normalized spacial score (nSPS) is 16.4. The van der Waals surface area contributed by atoms with Crippen molar-refractivity contribution < 1.29 is 14.1 Å². The molecule has 1 aromatic heterocycles. The number of carbonyl (C=O) groups is 1. The van der Waals surface area contributed by atoms with Crippen molar-refractivity contribution in [2.75, 3.05) is 25.5 Å². The molecule has 0 radical (unpaired) electrons. The quantitative estimate of drug-likeness (QED) is 0.607.